The third-order valence-electron chi connectivity index (χ3n) is 5.69. The van der Waals surface area contributed by atoms with Crippen LogP contribution in [0.1, 0.15) is 15.9 Å². The van der Waals surface area contributed by atoms with Gasteiger partial charge in [0, 0.05) is 0 Å². The predicted octanol–water partition coefficient (Wildman–Crippen LogP) is 6.50. The fraction of sp³-hybridized carbons (Fsp3) is 0.0333. The minimum Gasteiger partial charge on any atom is -0.483 e. The molecular weight excluding hydrogens is 532 g/mol. The molecule has 0 radical (unpaired) electrons. The van der Waals surface area contributed by atoms with Gasteiger partial charge in [-0.2, -0.15) is 5.10 Å². The number of carbonyl (C=O) groups excluding carboxylic acids is 2. The van der Waals surface area contributed by atoms with E-state index in [2.05, 4.69) is 26.5 Å². The van der Waals surface area contributed by atoms with Gasteiger partial charge in [-0.15, -0.1) is 0 Å². The lowest BCUT2D eigenvalue weighted by atomic mass is 10.0. The summed E-state index contributed by atoms with van der Waals surface area (Å²) in [5, 5.41) is 7.87. The smallest absolute Gasteiger partial charge is 0.344 e. The van der Waals surface area contributed by atoms with Gasteiger partial charge in [-0.05, 0) is 79.4 Å². The summed E-state index contributed by atoms with van der Waals surface area (Å²) in [5.41, 5.74) is 3.68. The van der Waals surface area contributed by atoms with E-state index >= 15 is 0 Å². The summed E-state index contributed by atoms with van der Waals surface area (Å²) in [7, 11) is 0. The van der Waals surface area contributed by atoms with Gasteiger partial charge in [0.05, 0.1) is 16.3 Å². The molecule has 0 bridgehead atoms. The van der Waals surface area contributed by atoms with E-state index in [4.69, 9.17) is 9.47 Å². The van der Waals surface area contributed by atoms with Gasteiger partial charge in [-0.3, -0.25) is 4.79 Å². The molecule has 0 fully saturated rings. The fourth-order valence-corrected chi connectivity index (χ4v) is 4.47. The first-order chi connectivity index (χ1) is 18.1. The largest absolute Gasteiger partial charge is 0.483 e. The number of hydrazone groups is 1. The topological polar surface area (TPSA) is 77.0 Å². The molecule has 0 saturated carbocycles. The van der Waals surface area contributed by atoms with E-state index in [0.717, 1.165) is 31.6 Å². The van der Waals surface area contributed by atoms with Crippen LogP contribution >= 0.6 is 15.9 Å². The Bertz CT molecular complexity index is 1630. The number of hydrogen-bond donors (Lipinski definition) is 1. The molecule has 0 heterocycles. The maximum absolute atomic E-state index is 12.7. The van der Waals surface area contributed by atoms with Gasteiger partial charge in [0.2, 0.25) is 0 Å². The molecule has 0 atom stereocenters. The molecule has 0 spiro atoms. The molecule has 5 aromatic rings. The maximum Gasteiger partial charge on any atom is 0.344 e. The van der Waals surface area contributed by atoms with Crippen molar-refractivity contribution in [1.82, 2.24) is 5.43 Å². The molecule has 1 N–H and O–H groups in total. The lowest BCUT2D eigenvalue weighted by Gasteiger charge is -2.09. The monoisotopic (exact) mass is 552 g/mol. The number of benzene rings is 5. The van der Waals surface area contributed by atoms with Crippen LogP contribution in [-0.2, 0) is 4.79 Å². The molecule has 0 aliphatic carbocycles. The molecule has 37 heavy (non-hydrogen) atoms. The second-order valence-electron chi connectivity index (χ2n) is 8.17. The molecule has 182 valence electrons. The average Bonchev–Trinajstić information content (AvgIpc) is 2.93. The molecular formula is C30H21BrN2O4. The van der Waals surface area contributed by atoms with Gasteiger partial charge in [-0.1, -0.05) is 66.7 Å². The normalized spacial score (nSPS) is 11.1. The summed E-state index contributed by atoms with van der Waals surface area (Å²) in [4.78, 5) is 24.9. The summed E-state index contributed by atoms with van der Waals surface area (Å²) in [6.45, 7) is -0.183. The van der Waals surface area contributed by atoms with Crippen LogP contribution in [0, 0.1) is 0 Å². The molecule has 5 aromatic carbocycles. The predicted molar refractivity (Wildman–Crippen MR) is 148 cm³/mol. The van der Waals surface area contributed by atoms with Crippen LogP contribution in [0.25, 0.3) is 21.5 Å². The van der Waals surface area contributed by atoms with E-state index in [1.807, 2.05) is 72.8 Å². The number of carbonyl (C=O) groups is 2. The Hall–Kier alpha value is -4.49. The first kappa shape index (κ1) is 24.2. The van der Waals surface area contributed by atoms with E-state index < -0.39 is 11.9 Å². The number of hydrogen-bond acceptors (Lipinski definition) is 5. The van der Waals surface area contributed by atoms with Crippen LogP contribution in [0.5, 0.6) is 11.5 Å². The summed E-state index contributed by atoms with van der Waals surface area (Å²) < 4.78 is 12.0. The van der Waals surface area contributed by atoms with E-state index in [1.165, 1.54) is 6.21 Å². The van der Waals surface area contributed by atoms with E-state index in [1.54, 1.807) is 30.3 Å². The Labute approximate surface area is 221 Å². The number of nitrogens with one attached hydrogen (secondary N) is 1. The highest BCUT2D eigenvalue weighted by atomic mass is 79.9. The van der Waals surface area contributed by atoms with Crippen LogP contribution < -0.4 is 14.9 Å². The van der Waals surface area contributed by atoms with Crippen LogP contribution in [0.2, 0.25) is 0 Å². The molecule has 0 aliphatic rings. The second kappa shape index (κ2) is 11.1. The zero-order chi connectivity index (χ0) is 25.6. The van der Waals surface area contributed by atoms with Gasteiger partial charge in [0.1, 0.15) is 11.5 Å². The van der Waals surface area contributed by atoms with Crippen molar-refractivity contribution in [3.05, 3.63) is 119 Å². The van der Waals surface area contributed by atoms with E-state index in [9.17, 15) is 9.59 Å². The highest BCUT2D eigenvalue weighted by molar-refractivity contribution is 9.10. The Morgan fingerprint density at radius 2 is 1.46 bits per heavy atom. The second-order valence-corrected chi connectivity index (χ2v) is 8.96. The lowest BCUT2D eigenvalue weighted by molar-refractivity contribution is -0.123. The highest BCUT2D eigenvalue weighted by Crippen LogP contribution is 2.33. The lowest BCUT2D eigenvalue weighted by Crippen LogP contribution is -2.24. The molecule has 5 rings (SSSR count). The maximum atomic E-state index is 12.7. The molecule has 1 amide bonds. The number of nitrogens with zero attached hydrogens (tertiary/aromatic N) is 1. The average molecular weight is 553 g/mol. The quantitative estimate of drug-likeness (QED) is 0.108. The van der Waals surface area contributed by atoms with E-state index in [-0.39, 0.29) is 6.61 Å². The van der Waals surface area contributed by atoms with Gasteiger partial charge in [0.25, 0.3) is 5.91 Å². The van der Waals surface area contributed by atoms with Crippen molar-refractivity contribution in [1.29, 1.82) is 0 Å². The van der Waals surface area contributed by atoms with Crippen molar-refractivity contribution >= 4 is 55.6 Å². The standard InChI is InChI=1S/C30H21BrN2O4/c31-29-25-10-4-2-7-22(25)14-17-27(29)36-19-28(34)33-32-18-20-12-15-23(16-13-20)37-30(35)26-11-5-8-21-6-1-3-9-24(21)26/h1-18H,19H2,(H,33,34)/b32-18-. The number of fused-ring (bicyclic) bond motifs is 2. The van der Waals surface area contributed by atoms with Crippen molar-refractivity contribution in [3.8, 4) is 11.5 Å². The SMILES string of the molecule is O=C(COc1ccc2ccccc2c1Br)N/N=C\c1ccc(OC(=O)c2cccc3ccccc23)cc1. The zero-order valence-electron chi connectivity index (χ0n) is 19.6. The molecule has 6 nitrogen and oxygen atoms in total. The first-order valence-corrected chi connectivity index (χ1v) is 12.3. The first-order valence-electron chi connectivity index (χ1n) is 11.5. The number of rotatable bonds is 7. The number of amides is 1. The zero-order valence-corrected chi connectivity index (χ0v) is 21.1. The van der Waals surface area contributed by atoms with E-state index in [0.29, 0.717) is 17.1 Å². The van der Waals surface area contributed by atoms with Gasteiger partial charge in [-0.25, -0.2) is 10.2 Å². The van der Waals surface area contributed by atoms with Gasteiger partial charge in [0.15, 0.2) is 6.61 Å². The summed E-state index contributed by atoms with van der Waals surface area (Å²) in [6, 6.07) is 31.7. The van der Waals surface area contributed by atoms with Crippen LogP contribution in [-0.4, -0.2) is 24.7 Å². The van der Waals surface area contributed by atoms with Crippen molar-refractivity contribution in [2.45, 2.75) is 0 Å². The van der Waals surface area contributed by atoms with Crippen LogP contribution in [0.15, 0.2) is 113 Å². The Morgan fingerprint density at radius 3 is 2.24 bits per heavy atom. The van der Waals surface area contributed by atoms with Crippen molar-refractivity contribution in [2.75, 3.05) is 6.61 Å². The molecule has 0 aliphatic heterocycles. The minimum atomic E-state index is -0.427. The van der Waals surface area contributed by atoms with Crippen LogP contribution in [0.4, 0.5) is 0 Å². The highest BCUT2D eigenvalue weighted by Gasteiger charge is 2.12. The number of esters is 1. The number of ether oxygens (including phenoxy) is 2. The summed E-state index contributed by atoms with van der Waals surface area (Å²) >= 11 is 3.54. The van der Waals surface area contributed by atoms with Crippen molar-refractivity contribution < 1.29 is 19.1 Å². The molecule has 0 aromatic heterocycles. The number of halogens is 1. The molecule has 0 unspecified atom stereocenters. The van der Waals surface area contributed by atoms with Crippen LogP contribution in [0.3, 0.4) is 0 Å². The van der Waals surface area contributed by atoms with Crippen molar-refractivity contribution in [2.24, 2.45) is 5.10 Å². The van der Waals surface area contributed by atoms with Gasteiger partial charge < -0.3 is 9.47 Å². The third kappa shape index (κ3) is 5.68. The third-order valence-corrected chi connectivity index (χ3v) is 6.51. The Morgan fingerprint density at radius 1 is 0.784 bits per heavy atom. The Kier molecular flexibility index (Phi) is 7.23. The van der Waals surface area contributed by atoms with Gasteiger partial charge >= 0.3 is 5.97 Å². The Balaban J connectivity index is 1.14. The molecule has 0 saturated heterocycles. The summed E-state index contributed by atoms with van der Waals surface area (Å²) in [6.07, 6.45) is 1.50. The van der Waals surface area contributed by atoms with Crippen molar-refractivity contribution in [3.63, 3.8) is 0 Å². The summed E-state index contributed by atoms with van der Waals surface area (Å²) in [5.74, 6) is 0.167. The molecule has 7 heteroatoms. The minimum absolute atomic E-state index is 0.183. The fourth-order valence-electron chi connectivity index (χ4n) is 3.87.